The molecule has 0 aromatic heterocycles. The Labute approximate surface area is 81.3 Å². The molecule has 0 fully saturated rings. The van der Waals surface area contributed by atoms with Gasteiger partial charge in [-0.2, -0.15) is 0 Å². The molecular formula is C10H22N2O. The van der Waals surface area contributed by atoms with Crippen molar-refractivity contribution in [2.45, 2.75) is 46.7 Å². The number of carbonyl (C=O) groups is 1. The number of hydrogen-bond acceptors (Lipinski definition) is 2. The van der Waals surface area contributed by atoms with Gasteiger partial charge in [-0.25, -0.2) is 0 Å². The maximum absolute atomic E-state index is 11.3. The molecule has 3 nitrogen and oxygen atoms in total. The summed E-state index contributed by atoms with van der Waals surface area (Å²) >= 11 is 0. The average Bonchev–Trinajstić information content (AvgIpc) is 2.11. The summed E-state index contributed by atoms with van der Waals surface area (Å²) in [5.41, 5.74) is 0. The smallest absolute Gasteiger partial charge is 0.223 e. The predicted molar refractivity (Wildman–Crippen MR) is 55.4 cm³/mol. The molecule has 2 N–H and O–H groups in total. The van der Waals surface area contributed by atoms with Crippen LogP contribution in [-0.4, -0.2) is 18.6 Å². The Bertz CT molecular complexity index is 146. The van der Waals surface area contributed by atoms with Crippen LogP contribution in [0.15, 0.2) is 0 Å². The normalized spacial score (nSPS) is 13.0. The van der Waals surface area contributed by atoms with Crippen molar-refractivity contribution >= 4 is 5.91 Å². The number of nitrogens with one attached hydrogen (secondary N) is 2. The monoisotopic (exact) mass is 186 g/mol. The summed E-state index contributed by atoms with van der Waals surface area (Å²) in [4.78, 5) is 11.3. The molecule has 0 spiro atoms. The molecule has 0 aliphatic heterocycles. The standard InChI is InChI=1S/C10H22N2O/c1-5-7-11-9(6-2)12-10(13)8(3)4/h8-9,11H,5-7H2,1-4H3,(H,12,13). The molecule has 0 saturated heterocycles. The number of amides is 1. The van der Waals surface area contributed by atoms with Crippen LogP contribution in [0.1, 0.15) is 40.5 Å². The summed E-state index contributed by atoms with van der Waals surface area (Å²) < 4.78 is 0. The second-order valence-corrected chi connectivity index (χ2v) is 3.58. The Kier molecular flexibility index (Phi) is 6.59. The Morgan fingerprint density at radius 1 is 1.31 bits per heavy atom. The van der Waals surface area contributed by atoms with Gasteiger partial charge in [0.1, 0.15) is 0 Å². The van der Waals surface area contributed by atoms with E-state index in [1.54, 1.807) is 0 Å². The first-order valence-electron chi connectivity index (χ1n) is 5.15. The van der Waals surface area contributed by atoms with Crippen LogP contribution in [0.5, 0.6) is 0 Å². The van der Waals surface area contributed by atoms with E-state index in [1.807, 2.05) is 13.8 Å². The van der Waals surface area contributed by atoms with Gasteiger partial charge in [0.25, 0.3) is 0 Å². The first kappa shape index (κ1) is 12.4. The molecule has 13 heavy (non-hydrogen) atoms. The fourth-order valence-corrected chi connectivity index (χ4v) is 0.954. The highest BCUT2D eigenvalue weighted by molar-refractivity contribution is 5.78. The van der Waals surface area contributed by atoms with E-state index < -0.39 is 0 Å². The largest absolute Gasteiger partial charge is 0.341 e. The van der Waals surface area contributed by atoms with Crippen LogP contribution in [-0.2, 0) is 4.79 Å². The van der Waals surface area contributed by atoms with E-state index in [1.165, 1.54) is 0 Å². The molecule has 0 aliphatic carbocycles. The Morgan fingerprint density at radius 2 is 1.92 bits per heavy atom. The summed E-state index contributed by atoms with van der Waals surface area (Å²) in [5, 5.41) is 6.22. The van der Waals surface area contributed by atoms with Crippen LogP contribution in [0.25, 0.3) is 0 Å². The lowest BCUT2D eigenvalue weighted by atomic mass is 10.2. The van der Waals surface area contributed by atoms with Gasteiger partial charge in [-0.15, -0.1) is 0 Å². The van der Waals surface area contributed by atoms with Gasteiger partial charge in [-0.1, -0.05) is 27.7 Å². The molecule has 0 aliphatic rings. The first-order chi connectivity index (χ1) is 6.11. The van der Waals surface area contributed by atoms with Crippen LogP contribution < -0.4 is 10.6 Å². The molecule has 3 heteroatoms. The van der Waals surface area contributed by atoms with E-state index in [0.717, 1.165) is 19.4 Å². The Balaban J connectivity index is 3.76. The maximum Gasteiger partial charge on any atom is 0.223 e. The molecule has 0 heterocycles. The van der Waals surface area contributed by atoms with Gasteiger partial charge >= 0.3 is 0 Å². The molecule has 0 bridgehead atoms. The van der Waals surface area contributed by atoms with Crippen molar-refractivity contribution in [2.75, 3.05) is 6.54 Å². The van der Waals surface area contributed by atoms with Crippen molar-refractivity contribution in [3.8, 4) is 0 Å². The summed E-state index contributed by atoms with van der Waals surface area (Å²) in [5.74, 6) is 0.188. The maximum atomic E-state index is 11.3. The highest BCUT2D eigenvalue weighted by Crippen LogP contribution is 1.94. The van der Waals surface area contributed by atoms with Crippen molar-refractivity contribution in [1.29, 1.82) is 0 Å². The van der Waals surface area contributed by atoms with Crippen LogP contribution in [0, 0.1) is 5.92 Å². The summed E-state index contributed by atoms with van der Waals surface area (Å²) in [7, 11) is 0. The molecule has 0 aromatic carbocycles. The zero-order valence-corrected chi connectivity index (χ0v) is 9.18. The molecule has 0 saturated carbocycles. The third-order valence-electron chi connectivity index (χ3n) is 1.89. The van der Waals surface area contributed by atoms with Crippen molar-refractivity contribution in [3.63, 3.8) is 0 Å². The van der Waals surface area contributed by atoms with Gasteiger partial charge in [-0.05, 0) is 19.4 Å². The fourth-order valence-electron chi connectivity index (χ4n) is 0.954. The van der Waals surface area contributed by atoms with Gasteiger partial charge in [0.15, 0.2) is 0 Å². The van der Waals surface area contributed by atoms with Gasteiger partial charge in [0.2, 0.25) is 5.91 Å². The number of hydrogen-bond donors (Lipinski definition) is 2. The van der Waals surface area contributed by atoms with Gasteiger partial charge < -0.3 is 5.32 Å². The molecule has 0 rings (SSSR count). The summed E-state index contributed by atoms with van der Waals surface area (Å²) in [6.07, 6.45) is 2.15. The SMILES string of the molecule is CCCNC(CC)NC(=O)C(C)C. The second kappa shape index (κ2) is 6.89. The Hall–Kier alpha value is -0.570. The predicted octanol–water partition coefficient (Wildman–Crippen LogP) is 1.49. The van der Waals surface area contributed by atoms with Crippen molar-refractivity contribution < 1.29 is 4.79 Å². The van der Waals surface area contributed by atoms with Gasteiger partial charge in [-0.3, -0.25) is 10.1 Å². The van der Waals surface area contributed by atoms with E-state index in [4.69, 9.17) is 0 Å². The first-order valence-corrected chi connectivity index (χ1v) is 5.15. The van der Waals surface area contributed by atoms with E-state index >= 15 is 0 Å². The molecule has 0 radical (unpaired) electrons. The van der Waals surface area contributed by atoms with Crippen molar-refractivity contribution in [1.82, 2.24) is 10.6 Å². The minimum atomic E-state index is 0.0671. The minimum absolute atomic E-state index is 0.0671. The second-order valence-electron chi connectivity index (χ2n) is 3.58. The van der Waals surface area contributed by atoms with E-state index in [9.17, 15) is 4.79 Å². The van der Waals surface area contributed by atoms with Crippen LogP contribution in [0.3, 0.4) is 0 Å². The highest BCUT2D eigenvalue weighted by atomic mass is 16.2. The lowest BCUT2D eigenvalue weighted by Crippen LogP contribution is -2.46. The van der Waals surface area contributed by atoms with Gasteiger partial charge in [0.05, 0.1) is 6.17 Å². The molecule has 1 unspecified atom stereocenters. The lowest BCUT2D eigenvalue weighted by molar-refractivity contribution is -0.124. The van der Waals surface area contributed by atoms with Crippen molar-refractivity contribution in [3.05, 3.63) is 0 Å². The van der Waals surface area contributed by atoms with Crippen LogP contribution in [0.2, 0.25) is 0 Å². The molecular weight excluding hydrogens is 164 g/mol. The van der Waals surface area contributed by atoms with Crippen LogP contribution >= 0.6 is 0 Å². The Morgan fingerprint density at radius 3 is 2.31 bits per heavy atom. The molecule has 0 aromatic rings. The van der Waals surface area contributed by atoms with Crippen LogP contribution in [0.4, 0.5) is 0 Å². The summed E-state index contributed by atoms with van der Waals surface area (Å²) in [6.45, 7) is 8.94. The lowest BCUT2D eigenvalue weighted by Gasteiger charge is -2.19. The van der Waals surface area contributed by atoms with Gasteiger partial charge in [0, 0.05) is 5.92 Å². The zero-order chi connectivity index (χ0) is 10.3. The molecule has 1 amide bonds. The number of carbonyl (C=O) groups excluding carboxylic acids is 1. The highest BCUT2D eigenvalue weighted by Gasteiger charge is 2.11. The summed E-state index contributed by atoms with van der Waals surface area (Å²) in [6, 6.07) is 0. The van der Waals surface area contributed by atoms with E-state index in [0.29, 0.717) is 0 Å². The van der Waals surface area contributed by atoms with E-state index in [2.05, 4.69) is 24.5 Å². The zero-order valence-electron chi connectivity index (χ0n) is 9.18. The fraction of sp³-hybridized carbons (Fsp3) is 0.900. The number of rotatable bonds is 6. The minimum Gasteiger partial charge on any atom is -0.341 e. The average molecular weight is 186 g/mol. The third-order valence-corrected chi connectivity index (χ3v) is 1.89. The third kappa shape index (κ3) is 5.64. The topological polar surface area (TPSA) is 41.1 Å². The molecule has 78 valence electrons. The quantitative estimate of drug-likeness (QED) is 0.617. The molecule has 1 atom stereocenters. The van der Waals surface area contributed by atoms with Crippen molar-refractivity contribution in [2.24, 2.45) is 5.92 Å². The van der Waals surface area contributed by atoms with E-state index in [-0.39, 0.29) is 18.0 Å².